The summed E-state index contributed by atoms with van der Waals surface area (Å²) in [4.78, 5) is 2.00. The van der Waals surface area contributed by atoms with Crippen LogP contribution in [0.4, 0.5) is 0 Å². The summed E-state index contributed by atoms with van der Waals surface area (Å²) >= 11 is 4.90. The normalized spacial score (nSPS) is 30.3. The SMILES string of the molecule is COC1CN(C(N)=S)CCC1C. The monoisotopic (exact) mass is 188 g/mol. The van der Waals surface area contributed by atoms with Gasteiger partial charge in [-0.05, 0) is 24.6 Å². The summed E-state index contributed by atoms with van der Waals surface area (Å²) in [6.45, 7) is 4.01. The minimum Gasteiger partial charge on any atom is -0.379 e. The number of piperidine rings is 1. The van der Waals surface area contributed by atoms with Crippen LogP contribution in [0.3, 0.4) is 0 Å². The van der Waals surface area contributed by atoms with E-state index in [2.05, 4.69) is 6.92 Å². The highest BCUT2D eigenvalue weighted by molar-refractivity contribution is 7.80. The van der Waals surface area contributed by atoms with E-state index in [-0.39, 0.29) is 6.10 Å². The third kappa shape index (κ3) is 2.08. The molecular formula is C8H16N2OS. The smallest absolute Gasteiger partial charge is 0.166 e. The molecule has 0 saturated carbocycles. The molecule has 0 amide bonds. The van der Waals surface area contributed by atoms with Gasteiger partial charge < -0.3 is 15.4 Å². The summed E-state index contributed by atoms with van der Waals surface area (Å²) in [6, 6.07) is 0. The summed E-state index contributed by atoms with van der Waals surface area (Å²) in [5.41, 5.74) is 5.53. The maximum absolute atomic E-state index is 5.53. The number of ether oxygens (including phenoxy) is 1. The van der Waals surface area contributed by atoms with Gasteiger partial charge in [-0.25, -0.2) is 0 Å². The lowest BCUT2D eigenvalue weighted by Gasteiger charge is -2.36. The molecule has 0 spiro atoms. The van der Waals surface area contributed by atoms with Crippen LogP contribution in [-0.4, -0.2) is 36.3 Å². The summed E-state index contributed by atoms with van der Waals surface area (Å²) in [5, 5.41) is 0.490. The number of likely N-dealkylation sites (tertiary alicyclic amines) is 1. The van der Waals surface area contributed by atoms with Crippen LogP contribution in [-0.2, 0) is 4.74 Å². The molecule has 0 aromatic carbocycles. The van der Waals surface area contributed by atoms with Gasteiger partial charge in [-0.15, -0.1) is 0 Å². The molecule has 3 nitrogen and oxygen atoms in total. The van der Waals surface area contributed by atoms with Gasteiger partial charge in [0.1, 0.15) is 0 Å². The van der Waals surface area contributed by atoms with Crippen LogP contribution in [0.15, 0.2) is 0 Å². The Kier molecular flexibility index (Phi) is 3.29. The number of methoxy groups -OCH3 is 1. The highest BCUT2D eigenvalue weighted by atomic mass is 32.1. The first-order chi connectivity index (χ1) is 5.65. The van der Waals surface area contributed by atoms with Gasteiger partial charge in [-0.2, -0.15) is 0 Å². The van der Waals surface area contributed by atoms with Gasteiger partial charge >= 0.3 is 0 Å². The van der Waals surface area contributed by atoms with Gasteiger partial charge in [0, 0.05) is 20.2 Å². The molecule has 0 aromatic rings. The first-order valence-corrected chi connectivity index (χ1v) is 4.63. The Morgan fingerprint density at radius 1 is 1.67 bits per heavy atom. The van der Waals surface area contributed by atoms with Crippen molar-refractivity contribution in [2.75, 3.05) is 20.2 Å². The lowest BCUT2D eigenvalue weighted by molar-refractivity contribution is 0.0153. The lowest BCUT2D eigenvalue weighted by Crippen LogP contribution is -2.48. The van der Waals surface area contributed by atoms with Gasteiger partial charge in [-0.1, -0.05) is 6.92 Å². The van der Waals surface area contributed by atoms with Crippen LogP contribution in [0.5, 0.6) is 0 Å². The van der Waals surface area contributed by atoms with Crippen LogP contribution in [0.2, 0.25) is 0 Å². The van der Waals surface area contributed by atoms with Crippen molar-refractivity contribution in [1.82, 2.24) is 4.90 Å². The number of nitrogens with two attached hydrogens (primary N) is 1. The molecule has 0 aliphatic carbocycles. The highest BCUT2D eigenvalue weighted by Crippen LogP contribution is 2.18. The Labute approximate surface area is 78.9 Å². The predicted octanol–water partition coefficient (Wildman–Crippen LogP) is 0.587. The highest BCUT2D eigenvalue weighted by Gasteiger charge is 2.26. The van der Waals surface area contributed by atoms with Gasteiger partial charge in [0.25, 0.3) is 0 Å². The molecule has 1 fully saturated rings. The summed E-state index contributed by atoms with van der Waals surface area (Å²) in [5.74, 6) is 0.612. The molecule has 1 saturated heterocycles. The second-order valence-corrected chi connectivity index (χ2v) is 3.74. The number of hydrogen-bond acceptors (Lipinski definition) is 2. The molecule has 2 atom stereocenters. The molecule has 2 unspecified atom stereocenters. The van der Waals surface area contributed by atoms with Crippen molar-refractivity contribution in [2.45, 2.75) is 19.4 Å². The van der Waals surface area contributed by atoms with Crippen LogP contribution < -0.4 is 5.73 Å². The Morgan fingerprint density at radius 3 is 2.83 bits per heavy atom. The first-order valence-electron chi connectivity index (χ1n) is 4.22. The van der Waals surface area contributed by atoms with Crippen molar-refractivity contribution in [1.29, 1.82) is 0 Å². The van der Waals surface area contributed by atoms with Gasteiger partial charge in [0.15, 0.2) is 5.11 Å². The predicted molar refractivity (Wildman–Crippen MR) is 52.9 cm³/mol. The fourth-order valence-corrected chi connectivity index (χ4v) is 1.71. The van der Waals surface area contributed by atoms with Crippen molar-refractivity contribution in [3.8, 4) is 0 Å². The minimum absolute atomic E-state index is 0.278. The second-order valence-electron chi connectivity index (χ2n) is 3.32. The molecule has 1 aliphatic heterocycles. The van der Waals surface area contributed by atoms with E-state index in [1.165, 1.54) is 0 Å². The Bertz CT molecular complexity index is 174. The largest absolute Gasteiger partial charge is 0.379 e. The third-order valence-electron chi connectivity index (χ3n) is 2.50. The molecule has 0 radical (unpaired) electrons. The quantitative estimate of drug-likeness (QED) is 0.611. The van der Waals surface area contributed by atoms with Crippen LogP contribution >= 0.6 is 12.2 Å². The Morgan fingerprint density at radius 2 is 2.33 bits per heavy atom. The molecule has 4 heteroatoms. The molecule has 1 heterocycles. The van der Waals surface area contributed by atoms with Crippen LogP contribution in [0, 0.1) is 5.92 Å². The lowest BCUT2D eigenvalue weighted by atomic mass is 9.96. The van der Waals surface area contributed by atoms with Gasteiger partial charge in [0.2, 0.25) is 0 Å². The van der Waals surface area contributed by atoms with Crippen LogP contribution in [0.25, 0.3) is 0 Å². The van der Waals surface area contributed by atoms with Crippen molar-refractivity contribution < 1.29 is 4.74 Å². The zero-order chi connectivity index (χ0) is 9.14. The third-order valence-corrected chi connectivity index (χ3v) is 2.76. The van der Waals surface area contributed by atoms with E-state index < -0.39 is 0 Å². The van der Waals surface area contributed by atoms with Crippen LogP contribution in [0.1, 0.15) is 13.3 Å². The molecule has 12 heavy (non-hydrogen) atoms. The summed E-state index contributed by atoms with van der Waals surface area (Å²) in [7, 11) is 1.74. The number of nitrogens with zero attached hydrogens (tertiary/aromatic N) is 1. The summed E-state index contributed by atoms with van der Waals surface area (Å²) < 4.78 is 5.33. The molecule has 2 N–H and O–H groups in total. The zero-order valence-corrected chi connectivity index (χ0v) is 8.43. The number of thiocarbonyl (C=S) groups is 1. The molecule has 1 rings (SSSR count). The topological polar surface area (TPSA) is 38.5 Å². The second kappa shape index (κ2) is 4.05. The zero-order valence-electron chi connectivity index (χ0n) is 7.62. The van der Waals surface area contributed by atoms with Gasteiger partial charge in [0.05, 0.1) is 6.10 Å². The van der Waals surface area contributed by atoms with E-state index in [4.69, 9.17) is 22.7 Å². The van der Waals surface area contributed by atoms with Gasteiger partial charge in [-0.3, -0.25) is 0 Å². The van der Waals surface area contributed by atoms with E-state index in [0.29, 0.717) is 11.0 Å². The standard InChI is InChI=1S/C8H16N2OS/c1-6-3-4-10(8(9)12)5-7(6)11-2/h6-7H,3-5H2,1-2H3,(H2,9,12). The number of rotatable bonds is 1. The first kappa shape index (κ1) is 9.74. The number of hydrogen-bond donors (Lipinski definition) is 1. The summed E-state index contributed by atoms with van der Waals surface area (Å²) in [6.07, 6.45) is 1.38. The molecular weight excluding hydrogens is 172 g/mol. The van der Waals surface area contributed by atoms with Crippen molar-refractivity contribution in [3.63, 3.8) is 0 Å². The Balaban J connectivity index is 2.49. The van der Waals surface area contributed by atoms with Crippen molar-refractivity contribution in [2.24, 2.45) is 11.7 Å². The average molecular weight is 188 g/mol. The maximum atomic E-state index is 5.53. The van der Waals surface area contributed by atoms with E-state index >= 15 is 0 Å². The van der Waals surface area contributed by atoms with Crippen molar-refractivity contribution >= 4 is 17.3 Å². The Hall–Kier alpha value is -0.350. The molecule has 1 aliphatic rings. The molecule has 0 aromatic heterocycles. The van der Waals surface area contributed by atoms with E-state index in [0.717, 1.165) is 19.5 Å². The molecule has 70 valence electrons. The van der Waals surface area contributed by atoms with E-state index in [1.54, 1.807) is 7.11 Å². The maximum Gasteiger partial charge on any atom is 0.166 e. The fourth-order valence-electron chi connectivity index (χ4n) is 1.54. The fraction of sp³-hybridized carbons (Fsp3) is 0.875. The van der Waals surface area contributed by atoms with E-state index in [1.807, 2.05) is 4.90 Å². The average Bonchev–Trinajstić information content (AvgIpc) is 2.05. The van der Waals surface area contributed by atoms with E-state index in [9.17, 15) is 0 Å². The minimum atomic E-state index is 0.278. The van der Waals surface area contributed by atoms with Crippen molar-refractivity contribution in [3.05, 3.63) is 0 Å². The molecule has 0 bridgehead atoms.